The van der Waals surface area contributed by atoms with Gasteiger partial charge in [0, 0.05) is 6.42 Å². The van der Waals surface area contributed by atoms with E-state index in [4.69, 9.17) is 5.73 Å². The van der Waals surface area contributed by atoms with E-state index in [2.05, 4.69) is 10.1 Å². The molecule has 0 radical (unpaired) electrons. The molecule has 14 heavy (non-hydrogen) atoms. The number of aryl methyl sites for hydroxylation is 1. The maximum Gasteiger partial charge on any atom is 0.138 e. The summed E-state index contributed by atoms with van der Waals surface area (Å²) in [5.41, 5.74) is 4.13. The fraction of sp³-hybridized carbons (Fsp3) is 0.778. The van der Waals surface area contributed by atoms with E-state index in [-0.39, 0.29) is 6.54 Å². The van der Waals surface area contributed by atoms with Crippen molar-refractivity contribution in [3.05, 3.63) is 12.2 Å². The van der Waals surface area contributed by atoms with Crippen LogP contribution in [0.2, 0.25) is 0 Å². The molecular formula is C9H17FN4. The lowest BCUT2D eigenvalue weighted by atomic mass is 10.2. The summed E-state index contributed by atoms with van der Waals surface area (Å²) in [7, 11) is 0. The molecule has 0 bridgehead atoms. The molecule has 0 saturated carbocycles. The molecule has 1 rings (SSSR count). The van der Waals surface area contributed by atoms with Crippen LogP contribution in [0.1, 0.15) is 26.1 Å². The first-order valence-electron chi connectivity index (χ1n) is 4.78. The predicted octanol–water partition coefficient (Wildman–Crippen LogP) is 0.917. The second-order valence-corrected chi connectivity index (χ2v) is 3.94. The molecule has 5 heteroatoms. The molecule has 0 saturated heterocycles. The second-order valence-electron chi connectivity index (χ2n) is 3.94. The Bertz CT molecular complexity index is 277. The number of alkyl halides is 1. The lowest BCUT2D eigenvalue weighted by Gasteiger charge is -2.15. The van der Waals surface area contributed by atoms with E-state index in [0.717, 1.165) is 18.7 Å². The molecule has 0 aliphatic carbocycles. The number of hydrogen-bond donors (Lipinski definition) is 1. The summed E-state index contributed by atoms with van der Waals surface area (Å²) < 4.78 is 14.9. The smallest absolute Gasteiger partial charge is 0.138 e. The Morgan fingerprint density at radius 3 is 2.86 bits per heavy atom. The Labute approximate surface area is 83.3 Å². The predicted molar refractivity (Wildman–Crippen MR) is 52.6 cm³/mol. The Balaban J connectivity index is 2.63. The SMILES string of the molecule is CC(C)(F)Cn1ncnc1CCCN. The van der Waals surface area contributed by atoms with Crippen LogP contribution >= 0.6 is 0 Å². The molecule has 2 N–H and O–H groups in total. The number of aromatic nitrogens is 3. The van der Waals surface area contributed by atoms with Crippen LogP contribution < -0.4 is 5.73 Å². The van der Waals surface area contributed by atoms with Gasteiger partial charge < -0.3 is 5.73 Å². The van der Waals surface area contributed by atoms with Gasteiger partial charge in [-0.2, -0.15) is 5.10 Å². The molecular weight excluding hydrogens is 183 g/mol. The van der Waals surface area contributed by atoms with E-state index >= 15 is 0 Å². The van der Waals surface area contributed by atoms with Crippen LogP contribution in [0.25, 0.3) is 0 Å². The van der Waals surface area contributed by atoms with Crippen LogP contribution in [-0.2, 0) is 13.0 Å². The Morgan fingerprint density at radius 2 is 2.29 bits per heavy atom. The Morgan fingerprint density at radius 1 is 1.57 bits per heavy atom. The molecule has 80 valence electrons. The van der Waals surface area contributed by atoms with Gasteiger partial charge in [0.1, 0.15) is 17.8 Å². The van der Waals surface area contributed by atoms with E-state index in [1.165, 1.54) is 20.2 Å². The van der Waals surface area contributed by atoms with Crippen molar-refractivity contribution in [2.45, 2.75) is 38.9 Å². The Hall–Kier alpha value is -0.970. The highest BCUT2D eigenvalue weighted by molar-refractivity contribution is 4.86. The average Bonchev–Trinajstić information content (AvgIpc) is 2.45. The van der Waals surface area contributed by atoms with Crippen LogP contribution in [0.5, 0.6) is 0 Å². The minimum absolute atomic E-state index is 0.243. The van der Waals surface area contributed by atoms with Gasteiger partial charge in [-0.3, -0.25) is 0 Å². The van der Waals surface area contributed by atoms with Gasteiger partial charge >= 0.3 is 0 Å². The van der Waals surface area contributed by atoms with Gasteiger partial charge in [-0.1, -0.05) is 0 Å². The molecule has 0 unspecified atom stereocenters. The maximum absolute atomic E-state index is 13.3. The summed E-state index contributed by atoms with van der Waals surface area (Å²) in [6, 6.07) is 0. The third kappa shape index (κ3) is 3.41. The third-order valence-corrected chi connectivity index (χ3v) is 1.83. The first-order chi connectivity index (χ1) is 6.53. The molecule has 1 heterocycles. The largest absolute Gasteiger partial charge is 0.330 e. The fourth-order valence-corrected chi connectivity index (χ4v) is 1.23. The fourth-order valence-electron chi connectivity index (χ4n) is 1.23. The Kier molecular flexibility index (Phi) is 3.57. The normalized spacial score (nSPS) is 12.0. The van der Waals surface area contributed by atoms with Gasteiger partial charge in [0.05, 0.1) is 6.54 Å². The number of halogens is 1. The van der Waals surface area contributed by atoms with Crippen molar-refractivity contribution in [2.24, 2.45) is 5.73 Å². The number of rotatable bonds is 5. The van der Waals surface area contributed by atoms with E-state index in [0.29, 0.717) is 6.54 Å². The molecule has 0 fully saturated rings. The van der Waals surface area contributed by atoms with Crippen LogP contribution in [0, 0.1) is 0 Å². The molecule has 0 aliphatic heterocycles. The lowest BCUT2D eigenvalue weighted by molar-refractivity contribution is 0.177. The zero-order valence-electron chi connectivity index (χ0n) is 8.70. The standard InChI is InChI=1S/C9H17FN4/c1-9(2,10)6-14-8(4-3-5-11)12-7-13-14/h7H,3-6,11H2,1-2H3. The zero-order valence-corrected chi connectivity index (χ0v) is 8.70. The molecule has 0 amide bonds. The van der Waals surface area contributed by atoms with Crippen LogP contribution in [0.15, 0.2) is 6.33 Å². The van der Waals surface area contributed by atoms with E-state index in [1.807, 2.05) is 0 Å². The highest BCUT2D eigenvalue weighted by Crippen LogP contribution is 2.12. The number of hydrogen-bond acceptors (Lipinski definition) is 3. The summed E-state index contributed by atoms with van der Waals surface area (Å²) in [5.74, 6) is 0.807. The quantitative estimate of drug-likeness (QED) is 0.768. The van der Waals surface area contributed by atoms with Crippen molar-refractivity contribution in [2.75, 3.05) is 6.54 Å². The number of nitrogens with two attached hydrogens (primary N) is 1. The van der Waals surface area contributed by atoms with Crippen molar-refractivity contribution >= 4 is 0 Å². The van der Waals surface area contributed by atoms with Crippen molar-refractivity contribution < 1.29 is 4.39 Å². The third-order valence-electron chi connectivity index (χ3n) is 1.83. The minimum atomic E-state index is -1.26. The van der Waals surface area contributed by atoms with E-state index in [1.54, 1.807) is 4.68 Å². The molecule has 4 nitrogen and oxygen atoms in total. The summed E-state index contributed by atoms with van der Waals surface area (Å²) in [4.78, 5) is 4.07. The van der Waals surface area contributed by atoms with Gasteiger partial charge in [-0.15, -0.1) is 0 Å². The van der Waals surface area contributed by atoms with Gasteiger partial charge in [-0.05, 0) is 26.8 Å². The molecule has 1 aromatic heterocycles. The maximum atomic E-state index is 13.3. The summed E-state index contributed by atoms with van der Waals surface area (Å²) in [6.07, 6.45) is 3.07. The van der Waals surface area contributed by atoms with E-state index < -0.39 is 5.67 Å². The van der Waals surface area contributed by atoms with Crippen LogP contribution in [-0.4, -0.2) is 27.0 Å². The highest BCUT2D eigenvalue weighted by atomic mass is 19.1. The van der Waals surface area contributed by atoms with Gasteiger partial charge in [0.15, 0.2) is 0 Å². The summed E-state index contributed by atoms with van der Waals surface area (Å²) >= 11 is 0. The molecule has 0 aliphatic rings. The number of nitrogens with zero attached hydrogens (tertiary/aromatic N) is 3. The lowest BCUT2D eigenvalue weighted by Crippen LogP contribution is -2.23. The highest BCUT2D eigenvalue weighted by Gasteiger charge is 2.18. The van der Waals surface area contributed by atoms with Crippen LogP contribution in [0.4, 0.5) is 4.39 Å². The molecule has 0 atom stereocenters. The van der Waals surface area contributed by atoms with Crippen molar-refractivity contribution in [3.63, 3.8) is 0 Å². The first-order valence-corrected chi connectivity index (χ1v) is 4.78. The van der Waals surface area contributed by atoms with Gasteiger partial charge in [0.25, 0.3) is 0 Å². The monoisotopic (exact) mass is 200 g/mol. The molecule has 0 spiro atoms. The topological polar surface area (TPSA) is 56.7 Å². The van der Waals surface area contributed by atoms with Crippen molar-refractivity contribution in [3.8, 4) is 0 Å². The summed E-state index contributed by atoms with van der Waals surface area (Å²) in [6.45, 7) is 3.92. The minimum Gasteiger partial charge on any atom is -0.330 e. The van der Waals surface area contributed by atoms with Crippen molar-refractivity contribution in [1.29, 1.82) is 0 Å². The molecule has 1 aromatic rings. The van der Waals surface area contributed by atoms with Crippen molar-refractivity contribution in [1.82, 2.24) is 14.8 Å². The van der Waals surface area contributed by atoms with Crippen LogP contribution in [0.3, 0.4) is 0 Å². The molecule has 0 aromatic carbocycles. The first kappa shape index (κ1) is 11.1. The zero-order chi connectivity index (χ0) is 10.6. The van der Waals surface area contributed by atoms with Gasteiger partial charge in [0.2, 0.25) is 0 Å². The second kappa shape index (κ2) is 4.50. The van der Waals surface area contributed by atoms with E-state index in [9.17, 15) is 4.39 Å². The average molecular weight is 200 g/mol. The summed E-state index contributed by atoms with van der Waals surface area (Å²) in [5, 5.41) is 3.98. The van der Waals surface area contributed by atoms with Gasteiger partial charge in [-0.25, -0.2) is 14.1 Å².